The molecule has 5 aromatic rings. The predicted molar refractivity (Wildman–Crippen MR) is 218 cm³/mol. The van der Waals surface area contributed by atoms with Gasteiger partial charge in [0.05, 0.1) is 12.0 Å². The van der Waals surface area contributed by atoms with Gasteiger partial charge in [-0.15, -0.1) is 11.8 Å². The summed E-state index contributed by atoms with van der Waals surface area (Å²) in [4.78, 5) is 69.2. The molecular weight excluding hydrogens is 755 g/mol. The number of nitrogens with one attached hydrogen (secondary N) is 1. The van der Waals surface area contributed by atoms with Gasteiger partial charge in [0.15, 0.2) is 12.2 Å². The third-order valence-electron chi connectivity index (χ3n) is 9.87. The van der Waals surface area contributed by atoms with Crippen LogP contribution in [0.5, 0.6) is 0 Å². The number of thioether (sulfide) groups is 1. The number of carbonyl (C=O) groups is 5. The van der Waals surface area contributed by atoms with Gasteiger partial charge in [0.25, 0.3) is 5.91 Å². The van der Waals surface area contributed by atoms with Gasteiger partial charge in [-0.25, -0.2) is 9.59 Å². The number of fused-ring (bicyclic) bond motifs is 1. The Morgan fingerprint density at radius 3 is 1.64 bits per heavy atom. The summed E-state index contributed by atoms with van der Waals surface area (Å²) >= 11 is 1.30. The van der Waals surface area contributed by atoms with Gasteiger partial charge in [-0.3, -0.25) is 19.3 Å². The van der Waals surface area contributed by atoms with Gasteiger partial charge < -0.3 is 25.3 Å². The molecule has 2 aliphatic heterocycles. The molecule has 11 nitrogen and oxygen atoms in total. The van der Waals surface area contributed by atoms with Gasteiger partial charge in [-0.2, -0.15) is 0 Å². The van der Waals surface area contributed by atoms with Crippen molar-refractivity contribution in [1.82, 2.24) is 10.2 Å². The number of nitrogens with two attached hydrogens (primary N) is 1. The van der Waals surface area contributed by atoms with Gasteiger partial charge in [0.2, 0.25) is 5.91 Å². The molecule has 7 rings (SSSR count). The highest BCUT2D eigenvalue weighted by atomic mass is 32.2. The second kappa shape index (κ2) is 18.2. The molecule has 0 aliphatic carbocycles. The van der Waals surface area contributed by atoms with E-state index in [1.807, 2.05) is 121 Å². The van der Waals surface area contributed by atoms with E-state index >= 15 is 0 Å². The number of β-lactam (4-membered cyclic amide) rings is 1. The zero-order valence-corrected chi connectivity index (χ0v) is 32.4. The van der Waals surface area contributed by atoms with Crippen LogP contribution in [0.3, 0.4) is 0 Å². The minimum atomic E-state index is -0.999. The first-order valence-corrected chi connectivity index (χ1v) is 19.8. The third kappa shape index (κ3) is 8.73. The van der Waals surface area contributed by atoms with Crippen molar-refractivity contribution in [3.05, 3.63) is 190 Å². The number of hydrogen-bond donors (Lipinski definition) is 2. The number of carbonyl (C=O) groups excluding carboxylic acids is 5. The highest BCUT2D eigenvalue weighted by Gasteiger charge is 2.55. The van der Waals surface area contributed by atoms with Gasteiger partial charge >= 0.3 is 17.9 Å². The number of ether oxygens (including phenoxy) is 3. The van der Waals surface area contributed by atoms with E-state index in [-0.39, 0.29) is 30.0 Å². The standard InChI is InChI=1S/C46H41N3O8S/c1-29(50)55-37(27-47)36-28-58-44-39(43(52)49(44)40(36)46(54)57-42(32-20-10-4-11-21-32)33-22-12-5-13-23-33)48-38(51)26-34-24-14-15-25-35(34)45(53)56-41(30-16-6-2-7-17-30)31-18-8-3-9-19-31/h2-25,37,39,41-42,44H,26-28,47H2,1H3,(H,48,51)/t37?,39-,44+/m0/s1. The maximum absolute atomic E-state index is 14.3. The summed E-state index contributed by atoms with van der Waals surface area (Å²) in [7, 11) is 0. The fraction of sp³-hybridized carbons (Fsp3) is 0.196. The van der Waals surface area contributed by atoms with E-state index < -0.39 is 59.4 Å². The minimum Gasteiger partial charge on any atom is -0.457 e. The maximum Gasteiger partial charge on any atom is 0.356 e. The SMILES string of the molecule is CC(=O)OC(CN)C1=C(C(=O)OC(c2ccccc2)c2ccccc2)N2C(=O)[C@H](NC(=O)Cc3ccccc3C(=O)OC(c3ccccc3)c3ccccc3)[C@H]2SC1. The summed E-state index contributed by atoms with van der Waals surface area (Å²) in [6.45, 7) is 1.10. The Balaban J connectivity index is 1.10. The zero-order chi connectivity index (χ0) is 40.6. The van der Waals surface area contributed by atoms with E-state index in [9.17, 15) is 24.0 Å². The van der Waals surface area contributed by atoms with Crippen LogP contribution in [0.1, 0.15) is 57.3 Å². The first-order valence-electron chi connectivity index (χ1n) is 18.8. The molecule has 2 heterocycles. The van der Waals surface area contributed by atoms with E-state index in [1.54, 1.807) is 24.3 Å². The van der Waals surface area contributed by atoms with Crippen molar-refractivity contribution in [2.75, 3.05) is 12.3 Å². The van der Waals surface area contributed by atoms with Crippen LogP contribution in [0, 0.1) is 0 Å². The van der Waals surface area contributed by atoms with Crippen molar-refractivity contribution in [1.29, 1.82) is 0 Å². The van der Waals surface area contributed by atoms with Crippen molar-refractivity contribution in [2.24, 2.45) is 5.73 Å². The number of esters is 3. The Morgan fingerprint density at radius 1 is 0.690 bits per heavy atom. The van der Waals surface area contributed by atoms with Crippen molar-refractivity contribution in [3.63, 3.8) is 0 Å². The Labute approximate surface area is 340 Å². The molecule has 5 aromatic carbocycles. The lowest BCUT2D eigenvalue weighted by Crippen LogP contribution is -2.71. The highest BCUT2D eigenvalue weighted by Crippen LogP contribution is 2.43. The van der Waals surface area contributed by atoms with E-state index in [4.69, 9.17) is 19.9 Å². The average Bonchev–Trinajstić information content (AvgIpc) is 3.26. The van der Waals surface area contributed by atoms with E-state index in [0.29, 0.717) is 22.3 Å². The minimum absolute atomic E-state index is 0.0766. The van der Waals surface area contributed by atoms with Crippen LogP contribution in [0.15, 0.2) is 157 Å². The quantitative estimate of drug-likeness (QED) is 0.0772. The fourth-order valence-electron chi connectivity index (χ4n) is 7.11. The van der Waals surface area contributed by atoms with E-state index in [0.717, 1.165) is 11.1 Å². The van der Waals surface area contributed by atoms with Crippen LogP contribution in [-0.2, 0) is 39.8 Å². The molecule has 1 saturated heterocycles. The first-order chi connectivity index (χ1) is 28.2. The molecule has 0 bridgehead atoms. The van der Waals surface area contributed by atoms with Crippen LogP contribution in [0.25, 0.3) is 0 Å². The average molecular weight is 796 g/mol. The molecule has 1 unspecified atom stereocenters. The van der Waals surface area contributed by atoms with E-state index in [2.05, 4.69) is 5.32 Å². The normalized spacial score (nSPS) is 16.6. The highest BCUT2D eigenvalue weighted by molar-refractivity contribution is 8.00. The molecule has 3 N–H and O–H groups in total. The molecule has 0 aromatic heterocycles. The summed E-state index contributed by atoms with van der Waals surface area (Å²) in [6, 6.07) is 42.9. The number of benzene rings is 5. The predicted octanol–water partition coefficient (Wildman–Crippen LogP) is 6.05. The summed E-state index contributed by atoms with van der Waals surface area (Å²) in [5.41, 5.74) is 9.93. The second-order valence-electron chi connectivity index (χ2n) is 13.7. The summed E-state index contributed by atoms with van der Waals surface area (Å²) < 4.78 is 17.8. The van der Waals surface area contributed by atoms with Crippen LogP contribution in [-0.4, -0.2) is 64.4 Å². The van der Waals surface area contributed by atoms with Gasteiger partial charge in [0, 0.05) is 24.8 Å². The third-order valence-corrected chi connectivity index (χ3v) is 11.2. The number of nitrogens with zero attached hydrogens (tertiary/aromatic N) is 1. The van der Waals surface area contributed by atoms with Crippen molar-refractivity contribution < 1.29 is 38.2 Å². The van der Waals surface area contributed by atoms with Gasteiger partial charge in [0.1, 0.15) is 23.2 Å². The second-order valence-corrected chi connectivity index (χ2v) is 14.8. The monoisotopic (exact) mass is 795 g/mol. The van der Waals surface area contributed by atoms with Gasteiger partial charge in [-0.05, 0) is 33.9 Å². The molecule has 2 aliphatic rings. The molecular formula is C46H41N3O8S. The number of amides is 2. The fourth-order valence-corrected chi connectivity index (χ4v) is 8.52. The largest absolute Gasteiger partial charge is 0.457 e. The lowest BCUT2D eigenvalue weighted by molar-refractivity contribution is -0.155. The lowest BCUT2D eigenvalue weighted by atomic mass is 9.98. The number of hydrogen-bond acceptors (Lipinski definition) is 10. The molecule has 0 spiro atoms. The molecule has 0 saturated carbocycles. The van der Waals surface area contributed by atoms with Crippen LogP contribution >= 0.6 is 11.8 Å². The lowest BCUT2D eigenvalue weighted by Gasteiger charge is -2.50. The van der Waals surface area contributed by atoms with Crippen LogP contribution in [0.2, 0.25) is 0 Å². The van der Waals surface area contributed by atoms with E-state index in [1.165, 1.54) is 23.6 Å². The van der Waals surface area contributed by atoms with Crippen LogP contribution in [0.4, 0.5) is 0 Å². The Kier molecular flexibility index (Phi) is 12.5. The molecule has 58 heavy (non-hydrogen) atoms. The number of rotatable bonds is 14. The molecule has 294 valence electrons. The molecule has 1 fully saturated rings. The summed E-state index contributed by atoms with van der Waals surface area (Å²) in [5, 5.41) is 2.15. The Morgan fingerprint density at radius 2 is 1.16 bits per heavy atom. The Hall–Kier alpha value is -6.50. The Bertz CT molecular complexity index is 2230. The first kappa shape index (κ1) is 39.7. The van der Waals surface area contributed by atoms with Crippen LogP contribution < -0.4 is 11.1 Å². The van der Waals surface area contributed by atoms with Crippen molar-refractivity contribution in [2.45, 2.75) is 43.1 Å². The smallest absolute Gasteiger partial charge is 0.356 e. The molecule has 12 heteroatoms. The summed E-state index contributed by atoms with van der Waals surface area (Å²) in [6.07, 6.45) is -2.73. The maximum atomic E-state index is 14.3. The topological polar surface area (TPSA) is 154 Å². The summed E-state index contributed by atoms with van der Waals surface area (Å²) in [5.74, 6) is -2.91. The van der Waals surface area contributed by atoms with Crippen molar-refractivity contribution >= 4 is 41.5 Å². The van der Waals surface area contributed by atoms with Gasteiger partial charge in [-0.1, -0.05) is 140 Å². The zero-order valence-electron chi connectivity index (χ0n) is 31.6. The van der Waals surface area contributed by atoms with Crippen molar-refractivity contribution in [3.8, 4) is 0 Å². The molecule has 3 atom stereocenters. The molecule has 2 amide bonds. The molecule has 0 radical (unpaired) electrons.